The van der Waals surface area contributed by atoms with Gasteiger partial charge in [-0.05, 0) is 36.8 Å². The highest BCUT2D eigenvalue weighted by Gasteiger charge is 2.08. The van der Waals surface area contributed by atoms with E-state index < -0.39 is 0 Å². The Morgan fingerprint density at radius 2 is 2.18 bits per heavy atom. The van der Waals surface area contributed by atoms with E-state index in [0.29, 0.717) is 22.0 Å². The van der Waals surface area contributed by atoms with Gasteiger partial charge in [-0.2, -0.15) is 0 Å². The first-order chi connectivity index (χ1) is 8.06. The van der Waals surface area contributed by atoms with Gasteiger partial charge in [0.2, 0.25) is 0 Å². The third kappa shape index (κ3) is 2.60. The van der Waals surface area contributed by atoms with Crippen LogP contribution in [0, 0.1) is 6.92 Å². The van der Waals surface area contributed by atoms with E-state index in [1.165, 1.54) is 6.07 Å². The van der Waals surface area contributed by atoms with Gasteiger partial charge in [-0.15, -0.1) is 0 Å². The molecule has 0 atom stereocenters. The molecule has 0 saturated heterocycles. The average molecular weight is 251 g/mol. The van der Waals surface area contributed by atoms with Crippen LogP contribution in [-0.2, 0) is 0 Å². The molecule has 1 aromatic heterocycles. The zero-order valence-corrected chi connectivity index (χ0v) is 9.88. The first-order valence-electron chi connectivity index (χ1n) is 5.01. The number of halogens is 1. The number of aromatic nitrogens is 1. The number of phenolic OH excluding ortho intramolecular Hbond substituents is 1. The summed E-state index contributed by atoms with van der Waals surface area (Å²) in [6.07, 6.45) is 1.54. The number of H-pyrrole nitrogens is 1. The Morgan fingerprint density at radius 3 is 2.76 bits per heavy atom. The summed E-state index contributed by atoms with van der Waals surface area (Å²) in [7, 11) is 0. The summed E-state index contributed by atoms with van der Waals surface area (Å²) in [6.45, 7) is 1.76. The van der Waals surface area contributed by atoms with Gasteiger partial charge in [-0.3, -0.25) is 4.79 Å². The lowest BCUT2D eigenvalue weighted by Gasteiger charge is -2.05. The van der Waals surface area contributed by atoms with E-state index in [2.05, 4.69) is 10.3 Å². The van der Waals surface area contributed by atoms with Crippen LogP contribution in [0.1, 0.15) is 16.1 Å². The van der Waals surface area contributed by atoms with Crippen molar-refractivity contribution < 1.29 is 9.90 Å². The van der Waals surface area contributed by atoms with Gasteiger partial charge < -0.3 is 15.4 Å². The highest BCUT2D eigenvalue weighted by molar-refractivity contribution is 6.31. The molecule has 0 spiro atoms. The van der Waals surface area contributed by atoms with Crippen molar-refractivity contribution in [1.29, 1.82) is 0 Å². The number of aromatic hydroxyl groups is 1. The molecule has 0 unspecified atom stereocenters. The van der Waals surface area contributed by atoms with Crippen molar-refractivity contribution in [1.82, 2.24) is 4.98 Å². The Kier molecular flexibility index (Phi) is 3.06. The third-order valence-corrected chi connectivity index (χ3v) is 2.57. The number of carbonyl (C=O) groups is 1. The molecule has 5 heteroatoms. The topological polar surface area (TPSA) is 65.1 Å². The Balaban J connectivity index is 2.15. The van der Waals surface area contributed by atoms with Crippen molar-refractivity contribution in [3.8, 4) is 5.75 Å². The number of carbonyl (C=O) groups excluding carboxylic acids is 1. The first-order valence-corrected chi connectivity index (χ1v) is 5.39. The molecule has 1 amide bonds. The summed E-state index contributed by atoms with van der Waals surface area (Å²) < 4.78 is 0. The molecule has 0 aliphatic heterocycles. The fourth-order valence-corrected chi connectivity index (χ4v) is 1.59. The zero-order chi connectivity index (χ0) is 12.4. The van der Waals surface area contributed by atoms with Crippen molar-refractivity contribution in [2.75, 3.05) is 5.32 Å². The summed E-state index contributed by atoms with van der Waals surface area (Å²) in [5, 5.41) is 12.5. The van der Waals surface area contributed by atoms with Gasteiger partial charge in [0.05, 0.1) is 5.02 Å². The van der Waals surface area contributed by atoms with Crippen LogP contribution < -0.4 is 5.32 Å². The number of amides is 1. The van der Waals surface area contributed by atoms with E-state index in [1.807, 2.05) is 0 Å². The molecule has 0 fully saturated rings. The lowest BCUT2D eigenvalue weighted by molar-refractivity contribution is 0.102. The maximum atomic E-state index is 11.8. The first kappa shape index (κ1) is 11.5. The Hall–Kier alpha value is -1.94. The number of hydrogen-bond donors (Lipinski definition) is 3. The molecule has 0 aliphatic carbocycles. The average Bonchev–Trinajstić information content (AvgIpc) is 2.70. The summed E-state index contributed by atoms with van der Waals surface area (Å²) in [5.41, 5.74) is 1.71. The van der Waals surface area contributed by atoms with Crippen molar-refractivity contribution in [3.63, 3.8) is 0 Å². The smallest absolute Gasteiger partial charge is 0.272 e. The zero-order valence-electron chi connectivity index (χ0n) is 9.12. The van der Waals surface area contributed by atoms with Crippen LogP contribution in [0.15, 0.2) is 30.5 Å². The summed E-state index contributed by atoms with van der Waals surface area (Å²) in [4.78, 5) is 14.5. The monoisotopic (exact) mass is 250 g/mol. The molecule has 2 aromatic rings. The molecule has 17 heavy (non-hydrogen) atoms. The minimum atomic E-state index is -0.276. The van der Waals surface area contributed by atoms with Crippen LogP contribution in [0.25, 0.3) is 0 Å². The second-order valence-electron chi connectivity index (χ2n) is 3.69. The molecule has 2 rings (SSSR count). The van der Waals surface area contributed by atoms with Crippen LogP contribution >= 0.6 is 11.6 Å². The number of hydrogen-bond acceptors (Lipinski definition) is 2. The maximum Gasteiger partial charge on any atom is 0.272 e. The van der Waals surface area contributed by atoms with Gasteiger partial charge in [0.15, 0.2) is 0 Å². The van der Waals surface area contributed by atoms with Crippen molar-refractivity contribution in [3.05, 3.63) is 46.7 Å². The highest BCUT2D eigenvalue weighted by Crippen LogP contribution is 2.20. The quantitative estimate of drug-likeness (QED) is 0.718. The Labute approximate surface area is 103 Å². The van der Waals surface area contributed by atoms with Gasteiger partial charge in [0.25, 0.3) is 5.91 Å². The summed E-state index contributed by atoms with van der Waals surface area (Å²) in [6, 6.07) is 6.40. The van der Waals surface area contributed by atoms with Gasteiger partial charge in [0, 0.05) is 11.9 Å². The molecule has 1 aromatic carbocycles. The van der Waals surface area contributed by atoms with Gasteiger partial charge in [-0.25, -0.2) is 0 Å². The number of benzene rings is 1. The molecule has 0 radical (unpaired) electrons. The normalized spacial score (nSPS) is 10.2. The third-order valence-electron chi connectivity index (χ3n) is 2.35. The second-order valence-corrected chi connectivity index (χ2v) is 4.12. The predicted octanol–water partition coefficient (Wildman–Crippen LogP) is 2.93. The highest BCUT2D eigenvalue weighted by atomic mass is 35.5. The second kappa shape index (κ2) is 4.51. The fraction of sp³-hybridized carbons (Fsp3) is 0.0833. The molecular formula is C12H11ClN2O2. The fourth-order valence-electron chi connectivity index (χ4n) is 1.43. The molecule has 3 N–H and O–H groups in total. The van der Waals surface area contributed by atoms with Crippen LogP contribution in [0.3, 0.4) is 0 Å². The largest absolute Gasteiger partial charge is 0.508 e. The number of aromatic amines is 1. The molecule has 0 aliphatic rings. The van der Waals surface area contributed by atoms with Crippen molar-refractivity contribution in [2.45, 2.75) is 6.92 Å². The number of aryl methyl sites for hydroxylation is 1. The van der Waals surface area contributed by atoms with Crippen LogP contribution in [-0.4, -0.2) is 16.0 Å². The van der Waals surface area contributed by atoms with Crippen LogP contribution in [0.2, 0.25) is 5.02 Å². The lowest BCUT2D eigenvalue weighted by atomic mass is 10.2. The van der Waals surface area contributed by atoms with E-state index in [4.69, 9.17) is 11.6 Å². The Morgan fingerprint density at radius 1 is 1.41 bits per heavy atom. The molecule has 88 valence electrons. The van der Waals surface area contributed by atoms with Crippen LogP contribution in [0.4, 0.5) is 5.69 Å². The Bertz CT molecular complexity index is 563. The molecule has 1 heterocycles. The summed E-state index contributed by atoms with van der Waals surface area (Å²) >= 11 is 5.71. The molecular weight excluding hydrogens is 240 g/mol. The number of anilines is 1. The number of nitrogens with one attached hydrogen (secondary N) is 2. The maximum absolute atomic E-state index is 11.8. The molecule has 0 bridgehead atoms. The van der Waals surface area contributed by atoms with Gasteiger partial charge in [0.1, 0.15) is 11.4 Å². The standard InChI is InChI=1S/C12H11ClN2O2/c1-7-4-9(2-3-11(7)16)15-12(17)10-5-8(13)6-14-10/h2-6,14,16H,1H3,(H,15,17). The van der Waals surface area contributed by atoms with E-state index in [0.717, 1.165) is 0 Å². The van der Waals surface area contributed by atoms with Gasteiger partial charge in [-0.1, -0.05) is 11.6 Å². The van der Waals surface area contributed by atoms with E-state index >= 15 is 0 Å². The summed E-state index contributed by atoms with van der Waals surface area (Å²) in [5.74, 6) is -0.0760. The predicted molar refractivity (Wildman–Crippen MR) is 66.6 cm³/mol. The van der Waals surface area contributed by atoms with Crippen LogP contribution in [0.5, 0.6) is 5.75 Å². The van der Waals surface area contributed by atoms with Gasteiger partial charge >= 0.3 is 0 Å². The van der Waals surface area contributed by atoms with Crippen molar-refractivity contribution >= 4 is 23.2 Å². The minimum absolute atomic E-state index is 0.200. The van der Waals surface area contributed by atoms with E-state index in [-0.39, 0.29) is 11.7 Å². The molecule has 0 saturated carbocycles. The van der Waals surface area contributed by atoms with E-state index in [1.54, 1.807) is 31.3 Å². The SMILES string of the molecule is Cc1cc(NC(=O)c2cc(Cl)c[nH]2)ccc1O. The number of phenols is 1. The lowest BCUT2D eigenvalue weighted by Crippen LogP contribution is -2.12. The van der Waals surface area contributed by atoms with Crippen molar-refractivity contribution in [2.24, 2.45) is 0 Å². The number of rotatable bonds is 2. The molecule has 4 nitrogen and oxygen atoms in total. The minimum Gasteiger partial charge on any atom is -0.508 e. The van der Waals surface area contributed by atoms with E-state index in [9.17, 15) is 9.90 Å².